The fourth-order valence-corrected chi connectivity index (χ4v) is 2.44. The first-order valence-electron chi connectivity index (χ1n) is 4.62. The summed E-state index contributed by atoms with van der Waals surface area (Å²) in [5, 5.41) is 0. The van der Waals surface area contributed by atoms with Gasteiger partial charge in [0.2, 0.25) is 0 Å². The predicted octanol–water partition coefficient (Wildman–Crippen LogP) is 0.0765. The first kappa shape index (κ1) is 7.53. The molecule has 2 rings (SSSR count). The minimum Gasteiger partial charge on any atom is -0.299 e. The number of rotatable bonds is 1. The summed E-state index contributed by atoms with van der Waals surface area (Å²) in [7, 11) is 0. The molecule has 2 atom stereocenters. The van der Waals surface area contributed by atoms with Crippen LogP contribution in [0.25, 0.3) is 0 Å². The van der Waals surface area contributed by atoms with Crippen LogP contribution >= 0.6 is 0 Å². The van der Waals surface area contributed by atoms with Crippen molar-refractivity contribution >= 4 is 0 Å². The highest BCUT2D eigenvalue weighted by atomic mass is 15.3. The number of hydrogen-bond acceptors (Lipinski definition) is 3. The van der Waals surface area contributed by atoms with Gasteiger partial charge in [-0.15, -0.1) is 0 Å². The van der Waals surface area contributed by atoms with E-state index in [-0.39, 0.29) is 0 Å². The summed E-state index contributed by atoms with van der Waals surface area (Å²) < 4.78 is 0. The molecule has 64 valence electrons. The molecule has 2 fully saturated rings. The van der Waals surface area contributed by atoms with Crippen LogP contribution in [0.2, 0.25) is 0 Å². The summed E-state index contributed by atoms with van der Waals surface area (Å²) in [6.45, 7) is 2.54. The lowest BCUT2D eigenvalue weighted by atomic mass is 10.00. The average Bonchev–Trinajstić information content (AvgIpc) is 2.47. The Balaban J connectivity index is 1.98. The van der Waals surface area contributed by atoms with Gasteiger partial charge in [0.1, 0.15) is 0 Å². The van der Waals surface area contributed by atoms with Crippen LogP contribution in [0.3, 0.4) is 0 Å². The number of nitrogens with one attached hydrogen (secondary N) is 1. The first-order valence-corrected chi connectivity index (χ1v) is 4.62. The van der Waals surface area contributed by atoms with Crippen LogP contribution < -0.4 is 11.3 Å². The van der Waals surface area contributed by atoms with Crippen molar-refractivity contribution in [1.29, 1.82) is 0 Å². The van der Waals surface area contributed by atoms with E-state index in [1.807, 2.05) is 0 Å². The number of nitrogens with two attached hydrogens (primary N) is 1. The molecule has 2 heterocycles. The SMILES string of the molecule is NNC1CCN2CCCCC12. The zero-order valence-corrected chi connectivity index (χ0v) is 6.92. The first-order chi connectivity index (χ1) is 5.42. The van der Waals surface area contributed by atoms with E-state index in [4.69, 9.17) is 5.84 Å². The molecule has 0 bridgehead atoms. The second-order valence-corrected chi connectivity index (χ2v) is 3.66. The Morgan fingerprint density at radius 2 is 2.09 bits per heavy atom. The van der Waals surface area contributed by atoms with Gasteiger partial charge in [0.15, 0.2) is 0 Å². The highest BCUT2D eigenvalue weighted by molar-refractivity contribution is 4.92. The largest absolute Gasteiger partial charge is 0.299 e. The normalized spacial score (nSPS) is 39.0. The third-order valence-electron chi connectivity index (χ3n) is 3.07. The minimum absolute atomic E-state index is 0.565. The average molecular weight is 155 g/mol. The fraction of sp³-hybridized carbons (Fsp3) is 1.00. The summed E-state index contributed by atoms with van der Waals surface area (Å²) in [6, 6.07) is 1.31. The van der Waals surface area contributed by atoms with Gasteiger partial charge in [-0.25, -0.2) is 0 Å². The molecule has 2 saturated heterocycles. The lowest BCUT2D eigenvalue weighted by Gasteiger charge is -2.31. The lowest BCUT2D eigenvalue weighted by Crippen LogP contribution is -2.47. The number of nitrogens with zero attached hydrogens (tertiary/aromatic N) is 1. The van der Waals surface area contributed by atoms with Gasteiger partial charge in [0, 0.05) is 18.6 Å². The highest BCUT2D eigenvalue weighted by Crippen LogP contribution is 2.26. The Morgan fingerprint density at radius 3 is 2.91 bits per heavy atom. The van der Waals surface area contributed by atoms with Crippen LogP contribution in [0.1, 0.15) is 25.7 Å². The Bertz CT molecular complexity index is 131. The van der Waals surface area contributed by atoms with Crippen molar-refractivity contribution in [3.8, 4) is 0 Å². The standard InChI is InChI=1S/C8H17N3/c9-10-7-4-6-11-5-2-1-3-8(7)11/h7-8,10H,1-6,9H2. The van der Waals surface area contributed by atoms with E-state index in [1.54, 1.807) is 0 Å². The monoisotopic (exact) mass is 155 g/mol. The summed E-state index contributed by atoms with van der Waals surface area (Å²) in [6.07, 6.45) is 5.35. The number of hydrogen-bond donors (Lipinski definition) is 2. The Kier molecular flexibility index (Phi) is 2.11. The maximum absolute atomic E-state index is 5.46. The van der Waals surface area contributed by atoms with E-state index < -0.39 is 0 Å². The van der Waals surface area contributed by atoms with E-state index >= 15 is 0 Å². The summed E-state index contributed by atoms with van der Waals surface area (Å²) >= 11 is 0. The molecule has 0 aromatic rings. The number of fused-ring (bicyclic) bond motifs is 1. The van der Waals surface area contributed by atoms with Gasteiger partial charge in [-0.1, -0.05) is 6.42 Å². The van der Waals surface area contributed by atoms with Gasteiger partial charge in [-0.3, -0.25) is 16.2 Å². The Hall–Kier alpha value is -0.120. The smallest absolute Gasteiger partial charge is 0.0378 e. The highest BCUT2D eigenvalue weighted by Gasteiger charge is 2.34. The molecule has 0 amide bonds. The van der Waals surface area contributed by atoms with Crippen LogP contribution in [-0.4, -0.2) is 30.1 Å². The van der Waals surface area contributed by atoms with E-state index in [0.29, 0.717) is 6.04 Å². The lowest BCUT2D eigenvalue weighted by molar-refractivity contribution is 0.181. The van der Waals surface area contributed by atoms with E-state index in [9.17, 15) is 0 Å². The molecule has 2 unspecified atom stereocenters. The molecule has 2 aliphatic heterocycles. The summed E-state index contributed by atoms with van der Waals surface area (Å²) in [5.41, 5.74) is 2.92. The second-order valence-electron chi connectivity index (χ2n) is 3.66. The van der Waals surface area contributed by atoms with Gasteiger partial charge in [0.05, 0.1) is 0 Å². The molecule has 0 saturated carbocycles. The Labute approximate surface area is 67.9 Å². The molecule has 0 aromatic heterocycles. The van der Waals surface area contributed by atoms with Crippen molar-refractivity contribution in [3.63, 3.8) is 0 Å². The summed E-state index contributed by atoms with van der Waals surface area (Å²) in [4.78, 5) is 2.58. The van der Waals surface area contributed by atoms with Gasteiger partial charge in [0.25, 0.3) is 0 Å². The van der Waals surface area contributed by atoms with Crippen molar-refractivity contribution in [3.05, 3.63) is 0 Å². The molecule has 11 heavy (non-hydrogen) atoms. The molecule has 3 heteroatoms. The van der Waals surface area contributed by atoms with Gasteiger partial charge in [-0.05, 0) is 25.8 Å². The van der Waals surface area contributed by atoms with Crippen molar-refractivity contribution in [2.45, 2.75) is 37.8 Å². The third kappa shape index (κ3) is 1.28. The van der Waals surface area contributed by atoms with Gasteiger partial charge >= 0.3 is 0 Å². The van der Waals surface area contributed by atoms with Crippen LogP contribution in [0.15, 0.2) is 0 Å². The zero-order chi connectivity index (χ0) is 7.68. The molecule has 2 aliphatic rings. The van der Waals surface area contributed by atoms with Crippen LogP contribution in [0, 0.1) is 0 Å². The maximum atomic E-state index is 5.46. The molecule has 3 nitrogen and oxygen atoms in total. The van der Waals surface area contributed by atoms with Gasteiger partial charge < -0.3 is 0 Å². The third-order valence-corrected chi connectivity index (χ3v) is 3.07. The second kappa shape index (κ2) is 3.09. The van der Waals surface area contributed by atoms with E-state index in [0.717, 1.165) is 6.04 Å². The molecule has 3 N–H and O–H groups in total. The van der Waals surface area contributed by atoms with Gasteiger partial charge in [-0.2, -0.15) is 0 Å². The number of hydrazine groups is 1. The number of piperidine rings is 1. The zero-order valence-electron chi connectivity index (χ0n) is 6.92. The molecular weight excluding hydrogens is 138 g/mol. The molecule has 0 aromatic carbocycles. The topological polar surface area (TPSA) is 41.3 Å². The summed E-state index contributed by atoms with van der Waals surface area (Å²) in [5.74, 6) is 5.46. The van der Waals surface area contributed by atoms with E-state index in [2.05, 4.69) is 10.3 Å². The van der Waals surface area contributed by atoms with Crippen molar-refractivity contribution < 1.29 is 0 Å². The van der Waals surface area contributed by atoms with Crippen LogP contribution in [0.4, 0.5) is 0 Å². The van der Waals surface area contributed by atoms with Crippen LogP contribution in [0.5, 0.6) is 0 Å². The van der Waals surface area contributed by atoms with E-state index in [1.165, 1.54) is 38.8 Å². The fourth-order valence-electron chi connectivity index (χ4n) is 2.44. The Morgan fingerprint density at radius 1 is 1.18 bits per heavy atom. The molecule has 0 radical (unpaired) electrons. The predicted molar refractivity (Wildman–Crippen MR) is 44.9 cm³/mol. The minimum atomic E-state index is 0.565. The molecule has 0 spiro atoms. The molecule has 0 aliphatic carbocycles. The van der Waals surface area contributed by atoms with Crippen molar-refractivity contribution in [2.75, 3.05) is 13.1 Å². The quantitative estimate of drug-likeness (QED) is 0.416. The van der Waals surface area contributed by atoms with Crippen molar-refractivity contribution in [2.24, 2.45) is 5.84 Å². The van der Waals surface area contributed by atoms with Crippen LogP contribution in [-0.2, 0) is 0 Å². The molecular formula is C8H17N3. The maximum Gasteiger partial charge on any atom is 0.0378 e. The van der Waals surface area contributed by atoms with Crippen molar-refractivity contribution in [1.82, 2.24) is 10.3 Å².